The zero-order valence-corrected chi connectivity index (χ0v) is 26.0. The van der Waals surface area contributed by atoms with Crippen LogP contribution in [-0.2, 0) is 7.05 Å². The topological polar surface area (TPSA) is 121 Å². The van der Waals surface area contributed by atoms with E-state index in [9.17, 15) is 9.59 Å². The number of carbonyl (C=O) groups excluding carboxylic acids is 1. The van der Waals surface area contributed by atoms with Gasteiger partial charge in [-0.05, 0) is 51.0 Å². The van der Waals surface area contributed by atoms with Crippen molar-refractivity contribution in [2.75, 3.05) is 41.5 Å². The zero-order valence-electron chi connectivity index (χ0n) is 24.5. The minimum absolute atomic E-state index is 0.110. The summed E-state index contributed by atoms with van der Waals surface area (Å²) in [6.07, 6.45) is 6.21. The largest absolute Gasteiger partial charge is 0.377 e. The van der Waals surface area contributed by atoms with Gasteiger partial charge in [0.25, 0.3) is 11.5 Å². The lowest BCUT2D eigenvalue weighted by Gasteiger charge is -2.26. The first kappa shape index (κ1) is 29.6. The molecule has 4 heterocycles. The summed E-state index contributed by atoms with van der Waals surface area (Å²) in [7, 11) is 3.79. The van der Waals surface area contributed by atoms with Gasteiger partial charge in [-0.2, -0.15) is 0 Å². The lowest BCUT2D eigenvalue weighted by molar-refractivity contribution is 0.0980. The molecule has 2 N–H and O–H groups in total. The van der Waals surface area contributed by atoms with Gasteiger partial charge in [0.15, 0.2) is 5.69 Å². The molecule has 0 radical (unpaired) electrons. The molecule has 42 heavy (non-hydrogen) atoms. The first-order valence-corrected chi connectivity index (χ1v) is 15.2. The Bertz CT molecular complexity index is 1700. The quantitative estimate of drug-likeness (QED) is 0.222. The predicted molar refractivity (Wildman–Crippen MR) is 170 cm³/mol. The summed E-state index contributed by atoms with van der Waals surface area (Å²) in [6, 6.07) is 7.16. The number of anilines is 3. The normalized spacial score (nSPS) is 15.6. The standard InChI is InChI=1S/C29H34ClN9O2S/c1-16-11-20(18(3)33-22-7-8-23(30)34-26(22)27(40)36-42-6)25-21(12-16)28(41)38(5)29(35-25)39-10-9-19(15-39)37(4)24-14-31-17(2)13-32-24/h7-8,11-14,18-19,33H,9-10,15H2,1-6H3,(H,36,40)/t18?,19-/m0/s1. The third kappa shape index (κ3) is 5.86. The molecule has 1 amide bonds. The summed E-state index contributed by atoms with van der Waals surface area (Å²) in [5.41, 5.74) is 3.89. The molecule has 0 bridgehead atoms. The van der Waals surface area contributed by atoms with Crippen LogP contribution < -0.4 is 25.4 Å². The minimum Gasteiger partial charge on any atom is -0.377 e. The number of carbonyl (C=O) groups is 1. The number of nitrogens with zero attached hydrogens (tertiary/aromatic N) is 7. The molecule has 0 spiro atoms. The molecule has 11 nitrogen and oxygen atoms in total. The lowest BCUT2D eigenvalue weighted by atomic mass is 10.0. The number of amides is 1. The Labute approximate surface area is 253 Å². The summed E-state index contributed by atoms with van der Waals surface area (Å²) in [4.78, 5) is 48.9. The molecule has 13 heteroatoms. The van der Waals surface area contributed by atoms with E-state index in [1.165, 1.54) is 11.9 Å². The van der Waals surface area contributed by atoms with Crippen LogP contribution in [0.25, 0.3) is 10.9 Å². The highest BCUT2D eigenvalue weighted by Gasteiger charge is 2.30. The highest BCUT2D eigenvalue weighted by atomic mass is 35.5. The molecule has 4 aromatic rings. The van der Waals surface area contributed by atoms with E-state index in [-0.39, 0.29) is 34.4 Å². The van der Waals surface area contributed by atoms with Crippen LogP contribution in [0, 0.1) is 13.8 Å². The molecule has 1 fully saturated rings. The Balaban J connectivity index is 1.49. The highest BCUT2D eigenvalue weighted by Crippen LogP contribution is 2.30. The molecule has 3 aromatic heterocycles. The summed E-state index contributed by atoms with van der Waals surface area (Å²) in [6.45, 7) is 7.29. The van der Waals surface area contributed by atoms with Gasteiger partial charge in [0.05, 0.1) is 40.7 Å². The van der Waals surface area contributed by atoms with Crippen molar-refractivity contribution in [3.63, 3.8) is 0 Å². The van der Waals surface area contributed by atoms with E-state index < -0.39 is 0 Å². The van der Waals surface area contributed by atoms with E-state index in [4.69, 9.17) is 16.6 Å². The first-order chi connectivity index (χ1) is 20.1. The van der Waals surface area contributed by atoms with Gasteiger partial charge < -0.3 is 15.1 Å². The second kappa shape index (κ2) is 12.1. The van der Waals surface area contributed by atoms with E-state index >= 15 is 0 Å². The number of benzene rings is 1. The molecular weight excluding hydrogens is 574 g/mol. The Morgan fingerprint density at radius 1 is 1.19 bits per heavy atom. The molecule has 0 saturated carbocycles. The van der Waals surface area contributed by atoms with E-state index in [0.717, 1.165) is 35.6 Å². The summed E-state index contributed by atoms with van der Waals surface area (Å²) >= 11 is 7.29. The predicted octanol–water partition coefficient (Wildman–Crippen LogP) is 4.28. The van der Waals surface area contributed by atoms with Crippen molar-refractivity contribution in [3.05, 3.63) is 74.7 Å². The number of aryl methyl sites for hydroxylation is 2. The van der Waals surface area contributed by atoms with Crippen molar-refractivity contribution in [3.8, 4) is 0 Å². The fourth-order valence-electron chi connectivity index (χ4n) is 5.33. The van der Waals surface area contributed by atoms with Crippen molar-refractivity contribution >= 4 is 57.8 Å². The minimum atomic E-state index is -0.353. The summed E-state index contributed by atoms with van der Waals surface area (Å²) in [5.74, 6) is 1.07. The third-order valence-corrected chi connectivity index (χ3v) is 8.16. The number of nitrogens with one attached hydrogen (secondary N) is 2. The Hall–Kier alpha value is -3.90. The highest BCUT2D eigenvalue weighted by molar-refractivity contribution is 7.97. The van der Waals surface area contributed by atoms with Crippen LogP contribution in [0.1, 0.15) is 46.7 Å². The van der Waals surface area contributed by atoms with Crippen molar-refractivity contribution in [2.45, 2.75) is 39.3 Å². The van der Waals surface area contributed by atoms with Crippen LogP contribution in [0.2, 0.25) is 5.15 Å². The van der Waals surface area contributed by atoms with E-state index in [0.29, 0.717) is 29.1 Å². The maximum absolute atomic E-state index is 13.7. The molecule has 1 aromatic carbocycles. The maximum atomic E-state index is 13.7. The van der Waals surface area contributed by atoms with Gasteiger partial charge in [0.2, 0.25) is 5.95 Å². The van der Waals surface area contributed by atoms with Gasteiger partial charge in [0.1, 0.15) is 11.0 Å². The van der Waals surface area contributed by atoms with Crippen molar-refractivity contribution in [2.24, 2.45) is 7.05 Å². The molecule has 220 valence electrons. The van der Waals surface area contributed by atoms with Crippen molar-refractivity contribution < 1.29 is 4.79 Å². The number of aromatic nitrogens is 5. The molecule has 2 atom stereocenters. The van der Waals surface area contributed by atoms with Crippen LogP contribution in [0.5, 0.6) is 0 Å². The van der Waals surface area contributed by atoms with E-state index in [1.54, 1.807) is 42.4 Å². The van der Waals surface area contributed by atoms with Crippen LogP contribution in [0.3, 0.4) is 0 Å². The van der Waals surface area contributed by atoms with Gasteiger partial charge in [-0.15, -0.1) is 0 Å². The monoisotopic (exact) mass is 607 g/mol. The maximum Gasteiger partial charge on any atom is 0.281 e. The van der Waals surface area contributed by atoms with E-state index in [1.807, 2.05) is 40.0 Å². The fraction of sp³-hybridized carbons (Fsp3) is 0.379. The average Bonchev–Trinajstić information content (AvgIpc) is 3.46. The molecule has 1 saturated heterocycles. The smallest absolute Gasteiger partial charge is 0.281 e. The van der Waals surface area contributed by atoms with Crippen LogP contribution in [0.4, 0.5) is 17.5 Å². The van der Waals surface area contributed by atoms with Gasteiger partial charge in [-0.3, -0.25) is 23.9 Å². The van der Waals surface area contributed by atoms with Gasteiger partial charge in [0, 0.05) is 45.0 Å². The first-order valence-electron chi connectivity index (χ1n) is 13.6. The molecule has 1 aliphatic heterocycles. The molecule has 1 unspecified atom stereocenters. The van der Waals surface area contributed by atoms with Crippen LogP contribution >= 0.6 is 23.5 Å². The second-order valence-electron chi connectivity index (χ2n) is 10.6. The second-order valence-corrected chi connectivity index (χ2v) is 11.6. The van der Waals surface area contributed by atoms with Gasteiger partial charge >= 0.3 is 0 Å². The number of pyridine rings is 1. The molecule has 5 rings (SSSR count). The number of rotatable bonds is 8. The third-order valence-electron chi connectivity index (χ3n) is 7.56. The molecular formula is C29H34ClN9O2S. The molecule has 1 aliphatic rings. The van der Waals surface area contributed by atoms with Crippen molar-refractivity contribution in [1.82, 2.24) is 29.2 Å². The fourth-order valence-corrected chi connectivity index (χ4v) is 5.76. The van der Waals surface area contributed by atoms with Crippen LogP contribution in [-0.4, -0.2) is 62.8 Å². The number of fused-ring (bicyclic) bond motifs is 1. The Kier molecular flexibility index (Phi) is 8.55. The SMILES string of the molecule is CSNC(=O)c1nc(Cl)ccc1NC(C)c1cc(C)cc2c(=O)n(C)c(N3CC[C@H](N(C)c4cnc(C)cn4)C3)nc12. The number of likely N-dealkylation sites (N-methyl/N-ethyl adjacent to an activating group) is 1. The molecule has 0 aliphatic carbocycles. The summed E-state index contributed by atoms with van der Waals surface area (Å²) < 4.78 is 4.33. The Morgan fingerprint density at radius 2 is 1.98 bits per heavy atom. The van der Waals surface area contributed by atoms with Gasteiger partial charge in [-0.1, -0.05) is 29.6 Å². The van der Waals surface area contributed by atoms with Crippen LogP contribution in [0.15, 0.2) is 41.5 Å². The van der Waals surface area contributed by atoms with Gasteiger partial charge in [-0.25, -0.2) is 15.0 Å². The lowest BCUT2D eigenvalue weighted by Crippen LogP contribution is -2.37. The number of halogens is 1. The Morgan fingerprint density at radius 3 is 2.69 bits per heavy atom. The zero-order chi connectivity index (χ0) is 30.1. The average molecular weight is 608 g/mol. The number of hydrogen-bond acceptors (Lipinski definition) is 10. The van der Waals surface area contributed by atoms with E-state index in [2.05, 4.69) is 34.8 Å². The summed E-state index contributed by atoms with van der Waals surface area (Å²) in [5, 5.41) is 4.17. The number of hydrogen-bond donors (Lipinski definition) is 2. The van der Waals surface area contributed by atoms with Crippen molar-refractivity contribution in [1.29, 1.82) is 0 Å².